The molecule has 0 saturated carbocycles. The fraction of sp³-hybridized carbons (Fsp3) is 0.417. The Kier molecular flexibility index (Phi) is 2.92. The topological polar surface area (TPSA) is 32.3 Å². The number of hydrogen-bond acceptors (Lipinski definition) is 2. The molecule has 3 nitrogen and oxygen atoms in total. The minimum atomic E-state index is -0.265. The quantitative estimate of drug-likeness (QED) is 0.830. The summed E-state index contributed by atoms with van der Waals surface area (Å²) in [5.74, 6) is -0.248. The van der Waals surface area contributed by atoms with Crippen LogP contribution < -0.4 is 5.43 Å². The molecule has 1 amide bonds. The van der Waals surface area contributed by atoms with Crippen molar-refractivity contribution >= 4 is 5.91 Å². The van der Waals surface area contributed by atoms with E-state index >= 15 is 0 Å². The summed E-state index contributed by atoms with van der Waals surface area (Å²) in [5.41, 5.74) is 3.60. The van der Waals surface area contributed by atoms with E-state index in [-0.39, 0.29) is 23.8 Å². The Balaban J connectivity index is 2.20. The van der Waals surface area contributed by atoms with Crippen LogP contribution in [0.15, 0.2) is 24.3 Å². The van der Waals surface area contributed by atoms with Crippen LogP contribution in [0.1, 0.15) is 31.9 Å². The SMILES string of the molecule is CC(C)N1NC(c2ccccc2F)CC1=O. The Morgan fingerprint density at radius 2 is 2.12 bits per heavy atom. The highest BCUT2D eigenvalue weighted by atomic mass is 19.1. The predicted molar refractivity (Wildman–Crippen MR) is 58.9 cm³/mol. The van der Waals surface area contributed by atoms with E-state index in [0.29, 0.717) is 12.0 Å². The van der Waals surface area contributed by atoms with Gasteiger partial charge < -0.3 is 0 Å². The zero-order valence-corrected chi connectivity index (χ0v) is 9.40. The van der Waals surface area contributed by atoms with E-state index in [0.717, 1.165) is 0 Å². The first-order valence-corrected chi connectivity index (χ1v) is 5.42. The summed E-state index contributed by atoms with van der Waals surface area (Å²) in [6, 6.07) is 6.41. The first kappa shape index (κ1) is 11.1. The summed E-state index contributed by atoms with van der Waals surface area (Å²) in [4.78, 5) is 11.7. The zero-order valence-electron chi connectivity index (χ0n) is 9.40. The molecular weight excluding hydrogens is 207 g/mol. The fourth-order valence-electron chi connectivity index (χ4n) is 1.93. The molecule has 1 N–H and O–H groups in total. The second-order valence-electron chi connectivity index (χ2n) is 4.26. The molecule has 1 heterocycles. The van der Waals surface area contributed by atoms with Crippen LogP contribution in [0.2, 0.25) is 0 Å². The van der Waals surface area contributed by atoms with Crippen LogP contribution in [-0.4, -0.2) is 17.0 Å². The molecular formula is C12H15FN2O. The van der Waals surface area contributed by atoms with Crippen LogP contribution in [0, 0.1) is 5.82 Å². The molecule has 1 fully saturated rings. The summed E-state index contributed by atoms with van der Waals surface area (Å²) in [7, 11) is 0. The van der Waals surface area contributed by atoms with E-state index in [1.807, 2.05) is 13.8 Å². The van der Waals surface area contributed by atoms with E-state index in [1.165, 1.54) is 6.07 Å². The van der Waals surface area contributed by atoms with E-state index < -0.39 is 0 Å². The molecule has 0 bridgehead atoms. The Bertz CT molecular complexity index is 406. The molecule has 2 rings (SSSR count). The zero-order chi connectivity index (χ0) is 11.7. The lowest BCUT2D eigenvalue weighted by Crippen LogP contribution is -2.40. The maximum Gasteiger partial charge on any atom is 0.238 e. The molecule has 1 aliphatic heterocycles. The standard InChI is InChI=1S/C12H15FN2O/c1-8(2)15-12(16)7-11(14-15)9-5-3-4-6-10(9)13/h3-6,8,11,14H,7H2,1-2H3. The average molecular weight is 222 g/mol. The van der Waals surface area contributed by atoms with Crippen molar-refractivity contribution in [2.75, 3.05) is 0 Å². The van der Waals surface area contributed by atoms with Crippen molar-refractivity contribution in [3.05, 3.63) is 35.6 Å². The number of halogens is 1. The summed E-state index contributed by atoms with van der Waals surface area (Å²) in [6.45, 7) is 3.85. The van der Waals surface area contributed by atoms with Crippen molar-refractivity contribution in [1.29, 1.82) is 0 Å². The molecule has 1 unspecified atom stereocenters. The molecule has 0 spiro atoms. The number of nitrogens with one attached hydrogen (secondary N) is 1. The molecule has 16 heavy (non-hydrogen) atoms. The maximum atomic E-state index is 13.5. The van der Waals surface area contributed by atoms with Gasteiger partial charge in [0.2, 0.25) is 5.91 Å². The van der Waals surface area contributed by atoms with Gasteiger partial charge in [0, 0.05) is 18.0 Å². The number of carbonyl (C=O) groups excluding carboxylic acids is 1. The van der Waals surface area contributed by atoms with Gasteiger partial charge in [-0.3, -0.25) is 9.80 Å². The van der Waals surface area contributed by atoms with Crippen molar-refractivity contribution in [3.8, 4) is 0 Å². The highest BCUT2D eigenvalue weighted by Gasteiger charge is 2.32. The van der Waals surface area contributed by atoms with Gasteiger partial charge in [0.25, 0.3) is 0 Å². The Labute approximate surface area is 94.2 Å². The predicted octanol–water partition coefficient (Wildman–Crippen LogP) is 2.01. The smallest absolute Gasteiger partial charge is 0.238 e. The normalized spacial score (nSPS) is 20.9. The van der Waals surface area contributed by atoms with Gasteiger partial charge in [-0.2, -0.15) is 0 Å². The molecule has 1 aromatic rings. The molecule has 86 valence electrons. The van der Waals surface area contributed by atoms with Gasteiger partial charge in [-0.1, -0.05) is 18.2 Å². The first-order chi connectivity index (χ1) is 7.59. The van der Waals surface area contributed by atoms with Crippen molar-refractivity contribution < 1.29 is 9.18 Å². The fourth-order valence-corrected chi connectivity index (χ4v) is 1.93. The highest BCUT2D eigenvalue weighted by molar-refractivity contribution is 5.79. The van der Waals surface area contributed by atoms with Crippen LogP contribution in [0.3, 0.4) is 0 Å². The van der Waals surface area contributed by atoms with Gasteiger partial charge >= 0.3 is 0 Å². The number of carbonyl (C=O) groups is 1. The minimum Gasteiger partial charge on any atom is -0.275 e. The average Bonchev–Trinajstić information content (AvgIpc) is 2.61. The number of nitrogens with zero attached hydrogens (tertiary/aromatic N) is 1. The number of rotatable bonds is 2. The summed E-state index contributed by atoms with van der Waals surface area (Å²) in [5, 5.41) is 1.57. The largest absolute Gasteiger partial charge is 0.275 e. The first-order valence-electron chi connectivity index (χ1n) is 5.42. The Morgan fingerprint density at radius 3 is 2.69 bits per heavy atom. The van der Waals surface area contributed by atoms with Gasteiger partial charge in [0.15, 0.2) is 0 Å². The van der Waals surface area contributed by atoms with Gasteiger partial charge in [-0.15, -0.1) is 0 Å². The van der Waals surface area contributed by atoms with E-state index in [4.69, 9.17) is 0 Å². The lowest BCUT2D eigenvalue weighted by molar-refractivity contribution is -0.131. The third-order valence-electron chi connectivity index (χ3n) is 2.74. The summed E-state index contributed by atoms with van der Waals surface area (Å²) in [6.07, 6.45) is 0.319. The number of hydrogen-bond donors (Lipinski definition) is 1. The monoisotopic (exact) mass is 222 g/mol. The van der Waals surface area contributed by atoms with Crippen LogP contribution in [0.4, 0.5) is 4.39 Å². The van der Waals surface area contributed by atoms with Crippen LogP contribution in [-0.2, 0) is 4.79 Å². The van der Waals surface area contributed by atoms with E-state index in [9.17, 15) is 9.18 Å². The van der Waals surface area contributed by atoms with Crippen LogP contribution in [0.25, 0.3) is 0 Å². The van der Waals surface area contributed by atoms with Gasteiger partial charge in [-0.25, -0.2) is 9.82 Å². The summed E-state index contributed by atoms with van der Waals surface area (Å²) >= 11 is 0. The van der Waals surface area contributed by atoms with Crippen molar-refractivity contribution in [1.82, 2.24) is 10.4 Å². The second kappa shape index (κ2) is 4.22. The molecule has 0 aliphatic carbocycles. The number of benzene rings is 1. The molecule has 1 aromatic carbocycles. The lowest BCUT2D eigenvalue weighted by Gasteiger charge is -2.22. The van der Waals surface area contributed by atoms with Crippen molar-refractivity contribution in [2.45, 2.75) is 32.4 Å². The lowest BCUT2D eigenvalue weighted by atomic mass is 10.1. The summed E-state index contributed by atoms with van der Waals surface area (Å²) < 4.78 is 13.5. The Morgan fingerprint density at radius 1 is 1.44 bits per heavy atom. The van der Waals surface area contributed by atoms with Gasteiger partial charge in [-0.05, 0) is 19.9 Å². The molecule has 1 atom stereocenters. The van der Waals surface area contributed by atoms with E-state index in [2.05, 4.69) is 5.43 Å². The van der Waals surface area contributed by atoms with Gasteiger partial charge in [0.1, 0.15) is 5.82 Å². The maximum absolute atomic E-state index is 13.5. The number of amides is 1. The third-order valence-corrected chi connectivity index (χ3v) is 2.74. The van der Waals surface area contributed by atoms with Gasteiger partial charge in [0.05, 0.1) is 6.04 Å². The Hall–Kier alpha value is -1.42. The van der Waals surface area contributed by atoms with Crippen LogP contribution in [0.5, 0.6) is 0 Å². The van der Waals surface area contributed by atoms with Crippen LogP contribution >= 0.6 is 0 Å². The van der Waals surface area contributed by atoms with Crippen molar-refractivity contribution in [3.63, 3.8) is 0 Å². The molecule has 0 radical (unpaired) electrons. The van der Waals surface area contributed by atoms with E-state index in [1.54, 1.807) is 23.2 Å². The minimum absolute atomic E-state index is 0.0169. The second-order valence-corrected chi connectivity index (χ2v) is 4.26. The molecule has 0 aromatic heterocycles. The molecule has 1 saturated heterocycles. The number of hydrazine groups is 1. The highest BCUT2D eigenvalue weighted by Crippen LogP contribution is 2.26. The molecule has 1 aliphatic rings. The third kappa shape index (κ3) is 1.93. The molecule has 4 heteroatoms. The van der Waals surface area contributed by atoms with Crippen molar-refractivity contribution in [2.24, 2.45) is 0 Å².